The highest BCUT2D eigenvalue weighted by Crippen LogP contribution is 2.43. The van der Waals surface area contributed by atoms with Crippen LogP contribution in [0, 0.1) is 0 Å². The van der Waals surface area contributed by atoms with Crippen molar-refractivity contribution < 1.29 is 9.59 Å². The van der Waals surface area contributed by atoms with Crippen molar-refractivity contribution >= 4 is 11.8 Å². The number of hydrogen-bond acceptors (Lipinski definition) is 5. The van der Waals surface area contributed by atoms with Crippen molar-refractivity contribution in [2.45, 2.75) is 37.5 Å². The Kier molecular flexibility index (Phi) is 5.16. The molecule has 3 saturated heterocycles. The third-order valence-corrected chi connectivity index (χ3v) is 6.93. The van der Waals surface area contributed by atoms with Gasteiger partial charge in [-0.2, -0.15) is 0 Å². The number of nitrogens with one attached hydrogen (secondary N) is 2. The molecule has 1 aromatic carbocycles. The average Bonchev–Trinajstić information content (AvgIpc) is 2.94. The van der Waals surface area contributed by atoms with E-state index in [0.29, 0.717) is 19.6 Å². The van der Waals surface area contributed by atoms with Gasteiger partial charge < -0.3 is 15.5 Å². The number of rotatable bonds is 4. The van der Waals surface area contributed by atoms with Crippen molar-refractivity contribution in [1.29, 1.82) is 0 Å². The molecule has 4 rings (SSSR count). The van der Waals surface area contributed by atoms with Gasteiger partial charge in [-0.1, -0.05) is 30.3 Å². The monoisotopic (exact) mass is 385 g/mol. The third-order valence-electron chi connectivity index (χ3n) is 6.93. The molecular weight excluding hydrogens is 354 g/mol. The van der Waals surface area contributed by atoms with Crippen LogP contribution in [-0.2, 0) is 16.1 Å². The van der Waals surface area contributed by atoms with Gasteiger partial charge in [0.05, 0.1) is 13.1 Å². The lowest BCUT2D eigenvalue weighted by molar-refractivity contribution is -0.143. The smallest absolute Gasteiger partial charge is 0.238 e. The lowest BCUT2D eigenvalue weighted by Gasteiger charge is -2.49. The number of piperidine rings is 1. The Hall–Kier alpha value is -1.96. The van der Waals surface area contributed by atoms with E-state index in [-0.39, 0.29) is 17.4 Å². The maximum atomic E-state index is 12.7. The molecule has 7 nitrogen and oxygen atoms in total. The van der Waals surface area contributed by atoms with Crippen molar-refractivity contribution in [2.24, 2.45) is 0 Å². The van der Waals surface area contributed by atoms with Crippen molar-refractivity contribution in [3.05, 3.63) is 35.9 Å². The van der Waals surface area contributed by atoms with Crippen molar-refractivity contribution in [1.82, 2.24) is 25.3 Å². The summed E-state index contributed by atoms with van der Waals surface area (Å²) in [6, 6.07) is 10.6. The van der Waals surface area contributed by atoms with Gasteiger partial charge in [-0.15, -0.1) is 0 Å². The Labute approximate surface area is 167 Å². The molecule has 1 spiro atoms. The van der Waals surface area contributed by atoms with Gasteiger partial charge in [0.15, 0.2) is 0 Å². The van der Waals surface area contributed by atoms with Crippen LogP contribution in [0.1, 0.15) is 25.3 Å². The first kappa shape index (κ1) is 19.4. The molecule has 28 heavy (non-hydrogen) atoms. The number of piperazine rings is 1. The molecule has 152 valence electrons. The van der Waals surface area contributed by atoms with E-state index in [1.165, 1.54) is 12.5 Å². The second-order valence-electron chi connectivity index (χ2n) is 8.52. The van der Waals surface area contributed by atoms with Crippen LogP contribution in [0.25, 0.3) is 0 Å². The highest BCUT2D eigenvalue weighted by molar-refractivity contribution is 5.81. The van der Waals surface area contributed by atoms with Gasteiger partial charge in [0, 0.05) is 45.2 Å². The van der Waals surface area contributed by atoms with Crippen LogP contribution in [0.15, 0.2) is 30.3 Å². The first-order chi connectivity index (χ1) is 13.5. The topological polar surface area (TPSA) is 67.9 Å². The van der Waals surface area contributed by atoms with Gasteiger partial charge in [-0.3, -0.25) is 19.4 Å². The van der Waals surface area contributed by atoms with Gasteiger partial charge in [0.2, 0.25) is 11.8 Å². The van der Waals surface area contributed by atoms with Crippen LogP contribution in [-0.4, -0.2) is 84.0 Å². The maximum absolute atomic E-state index is 12.7. The lowest BCUT2D eigenvalue weighted by atomic mass is 9.86. The zero-order valence-electron chi connectivity index (χ0n) is 16.9. The lowest BCUT2D eigenvalue weighted by Crippen LogP contribution is -2.70. The molecule has 2 N–H and O–H groups in total. The Morgan fingerprint density at radius 3 is 2.61 bits per heavy atom. The highest BCUT2D eigenvalue weighted by atomic mass is 16.2. The number of hydrogen-bond donors (Lipinski definition) is 2. The first-order valence-electron chi connectivity index (χ1n) is 10.2. The molecule has 0 aliphatic carbocycles. The Balaban J connectivity index is 1.49. The van der Waals surface area contributed by atoms with Crippen LogP contribution in [0.2, 0.25) is 0 Å². The first-order valence-corrected chi connectivity index (χ1v) is 10.2. The van der Waals surface area contributed by atoms with E-state index >= 15 is 0 Å². The molecule has 3 aliphatic rings. The van der Waals surface area contributed by atoms with Crippen molar-refractivity contribution in [2.75, 3.05) is 46.3 Å². The van der Waals surface area contributed by atoms with E-state index in [1.807, 2.05) is 4.90 Å². The molecule has 3 heterocycles. The zero-order chi connectivity index (χ0) is 19.8. The number of carbonyl (C=O) groups excluding carboxylic acids is 2. The number of likely N-dealkylation sites (N-methyl/N-ethyl adjacent to an activating group) is 1. The van der Waals surface area contributed by atoms with Crippen molar-refractivity contribution in [3.8, 4) is 0 Å². The Bertz CT molecular complexity index is 732. The number of carbonyl (C=O) groups is 2. The zero-order valence-corrected chi connectivity index (χ0v) is 16.9. The number of benzene rings is 1. The summed E-state index contributed by atoms with van der Waals surface area (Å²) in [6.07, 6.45) is 2.06. The minimum Gasteiger partial charge on any atom is -0.353 e. The second kappa shape index (κ2) is 7.46. The van der Waals surface area contributed by atoms with E-state index in [2.05, 4.69) is 57.8 Å². The van der Waals surface area contributed by atoms with Crippen LogP contribution in [0.3, 0.4) is 0 Å². The molecule has 3 fully saturated rings. The second-order valence-corrected chi connectivity index (χ2v) is 8.52. The molecule has 0 bridgehead atoms. The Morgan fingerprint density at radius 2 is 1.93 bits per heavy atom. The molecular formula is C21H31N5O2. The van der Waals surface area contributed by atoms with Crippen LogP contribution in [0.5, 0.6) is 0 Å². The molecule has 1 unspecified atom stereocenters. The highest BCUT2D eigenvalue weighted by Gasteiger charge is 2.60. The van der Waals surface area contributed by atoms with Gasteiger partial charge in [-0.05, 0) is 25.5 Å². The van der Waals surface area contributed by atoms with E-state index in [4.69, 9.17) is 0 Å². The fourth-order valence-corrected chi connectivity index (χ4v) is 5.17. The molecule has 1 atom stereocenters. The Morgan fingerprint density at radius 1 is 1.21 bits per heavy atom. The van der Waals surface area contributed by atoms with Gasteiger partial charge in [0.1, 0.15) is 5.66 Å². The number of fused-ring (bicyclic) bond motifs is 1. The normalized spacial score (nSPS) is 27.8. The van der Waals surface area contributed by atoms with E-state index in [1.54, 1.807) is 0 Å². The summed E-state index contributed by atoms with van der Waals surface area (Å²) in [6.45, 7) is 6.83. The van der Waals surface area contributed by atoms with Crippen molar-refractivity contribution in [3.63, 3.8) is 0 Å². The fraction of sp³-hybridized carbons (Fsp3) is 0.619. The summed E-state index contributed by atoms with van der Waals surface area (Å²) < 4.78 is 0. The predicted octanol–water partition coefficient (Wildman–Crippen LogP) is 0.231. The average molecular weight is 386 g/mol. The van der Waals surface area contributed by atoms with E-state index in [9.17, 15) is 9.59 Å². The standard InChI is InChI=1S/C21H31N5O2/c1-17(27)23-15-21-14-22-12-19(28)26(21)16-20(24(21)2)8-10-25(11-9-20)13-18-6-4-3-5-7-18/h3-7,22H,8-16H2,1-2H3,(H,23,27). The van der Waals surface area contributed by atoms with Crippen LogP contribution in [0.4, 0.5) is 0 Å². The molecule has 1 aromatic rings. The summed E-state index contributed by atoms with van der Waals surface area (Å²) in [4.78, 5) is 31.2. The SMILES string of the molecule is CC(=O)NCC12CNCC(=O)N1CC1(CCN(Cc3ccccc3)CC1)N2C. The van der Waals surface area contributed by atoms with Crippen LogP contribution >= 0.6 is 0 Å². The third kappa shape index (κ3) is 3.32. The molecule has 3 aliphatic heterocycles. The maximum Gasteiger partial charge on any atom is 0.238 e. The number of likely N-dealkylation sites (tertiary alicyclic amines) is 1. The number of nitrogens with zero attached hydrogens (tertiary/aromatic N) is 3. The largest absolute Gasteiger partial charge is 0.353 e. The summed E-state index contributed by atoms with van der Waals surface area (Å²) in [5, 5.41) is 6.24. The van der Waals surface area contributed by atoms with E-state index in [0.717, 1.165) is 39.0 Å². The van der Waals surface area contributed by atoms with Crippen LogP contribution < -0.4 is 10.6 Å². The van der Waals surface area contributed by atoms with E-state index < -0.39 is 5.66 Å². The molecule has 0 saturated carbocycles. The molecule has 0 radical (unpaired) electrons. The van der Waals surface area contributed by atoms with Gasteiger partial charge in [0.25, 0.3) is 0 Å². The number of amides is 2. The molecule has 0 aromatic heterocycles. The van der Waals surface area contributed by atoms with Gasteiger partial charge in [-0.25, -0.2) is 0 Å². The van der Waals surface area contributed by atoms with Gasteiger partial charge >= 0.3 is 0 Å². The molecule has 7 heteroatoms. The summed E-state index contributed by atoms with van der Waals surface area (Å²) in [5.74, 6) is 0.0754. The minimum atomic E-state index is -0.470. The summed E-state index contributed by atoms with van der Waals surface area (Å²) >= 11 is 0. The quantitative estimate of drug-likeness (QED) is 0.777. The summed E-state index contributed by atoms with van der Waals surface area (Å²) in [7, 11) is 2.13. The minimum absolute atomic E-state index is 0.0205. The molecule has 2 amide bonds. The predicted molar refractivity (Wildman–Crippen MR) is 107 cm³/mol. The summed E-state index contributed by atoms with van der Waals surface area (Å²) in [5.41, 5.74) is 0.854. The fourth-order valence-electron chi connectivity index (χ4n) is 5.17.